The van der Waals surface area contributed by atoms with Crippen LogP contribution in [0.15, 0.2) is 4.47 Å². The smallest absolute Gasteiger partial charge is 0.0900 e. The van der Waals surface area contributed by atoms with Crippen LogP contribution in [0.1, 0.15) is 38.1 Å². The first kappa shape index (κ1) is 14.0. The van der Waals surface area contributed by atoms with Crippen LogP contribution in [0.25, 0.3) is 0 Å². The van der Waals surface area contributed by atoms with Gasteiger partial charge in [-0.3, -0.25) is 4.68 Å². The summed E-state index contributed by atoms with van der Waals surface area (Å²) in [5.74, 6) is 0. The van der Waals surface area contributed by atoms with Crippen molar-refractivity contribution in [1.29, 1.82) is 0 Å². The van der Waals surface area contributed by atoms with Gasteiger partial charge in [0.25, 0.3) is 0 Å². The Labute approximate surface area is 117 Å². The summed E-state index contributed by atoms with van der Waals surface area (Å²) in [6, 6.07) is 0. The van der Waals surface area contributed by atoms with E-state index >= 15 is 0 Å². The van der Waals surface area contributed by atoms with Gasteiger partial charge in [-0.1, -0.05) is 6.92 Å². The van der Waals surface area contributed by atoms with Gasteiger partial charge in [0.15, 0.2) is 0 Å². The number of halogens is 1. The molecule has 0 saturated carbocycles. The lowest BCUT2D eigenvalue weighted by Gasteiger charge is -2.23. The Hall–Kier alpha value is -0.390. The minimum Gasteiger partial charge on any atom is -0.371 e. The molecule has 1 atom stereocenters. The van der Waals surface area contributed by atoms with Crippen molar-refractivity contribution in [2.24, 2.45) is 0 Å². The van der Waals surface area contributed by atoms with E-state index in [-0.39, 0.29) is 0 Å². The Morgan fingerprint density at radius 2 is 2.33 bits per heavy atom. The Kier molecular flexibility index (Phi) is 5.21. The van der Waals surface area contributed by atoms with Crippen molar-refractivity contribution in [2.45, 2.75) is 52.4 Å². The first-order valence-corrected chi connectivity index (χ1v) is 7.61. The van der Waals surface area contributed by atoms with Gasteiger partial charge in [0.1, 0.15) is 0 Å². The summed E-state index contributed by atoms with van der Waals surface area (Å²) in [5, 5.41) is 7.96. The van der Waals surface area contributed by atoms with Crippen molar-refractivity contribution < 1.29 is 4.74 Å². The number of rotatable bonds is 5. The molecule has 0 aliphatic carbocycles. The van der Waals surface area contributed by atoms with Gasteiger partial charge in [-0.05, 0) is 48.7 Å². The van der Waals surface area contributed by atoms with Crippen LogP contribution in [0.5, 0.6) is 0 Å². The van der Waals surface area contributed by atoms with E-state index in [1.807, 2.05) is 4.68 Å². The summed E-state index contributed by atoms with van der Waals surface area (Å²) in [6.07, 6.45) is 3.66. The summed E-state index contributed by atoms with van der Waals surface area (Å²) in [7, 11) is 0. The lowest BCUT2D eigenvalue weighted by Crippen LogP contribution is -2.35. The minimum absolute atomic E-state index is 0.343. The highest BCUT2D eigenvalue weighted by atomic mass is 79.9. The van der Waals surface area contributed by atoms with E-state index in [0.29, 0.717) is 12.7 Å². The zero-order valence-electron chi connectivity index (χ0n) is 11.2. The molecule has 1 fully saturated rings. The van der Waals surface area contributed by atoms with Gasteiger partial charge in [-0.25, -0.2) is 0 Å². The van der Waals surface area contributed by atoms with Crippen molar-refractivity contribution in [3.63, 3.8) is 0 Å². The summed E-state index contributed by atoms with van der Waals surface area (Å²) < 4.78 is 9.16. The van der Waals surface area contributed by atoms with E-state index in [9.17, 15) is 0 Å². The van der Waals surface area contributed by atoms with E-state index in [4.69, 9.17) is 4.74 Å². The predicted octanol–water partition coefficient (Wildman–Crippen LogP) is 2.50. The molecule has 0 amide bonds. The van der Waals surface area contributed by atoms with E-state index in [2.05, 4.69) is 40.2 Å². The van der Waals surface area contributed by atoms with Crippen LogP contribution in [0.2, 0.25) is 0 Å². The third-order valence-corrected chi connectivity index (χ3v) is 4.32. The molecule has 1 aromatic rings. The largest absolute Gasteiger partial charge is 0.371 e. The fourth-order valence-electron chi connectivity index (χ4n) is 2.31. The second kappa shape index (κ2) is 6.68. The van der Waals surface area contributed by atoms with Crippen LogP contribution in [0, 0.1) is 0 Å². The van der Waals surface area contributed by atoms with Crippen molar-refractivity contribution >= 4 is 15.9 Å². The van der Waals surface area contributed by atoms with Crippen LogP contribution in [-0.2, 0) is 24.3 Å². The lowest BCUT2D eigenvalue weighted by atomic mass is 10.1. The topological polar surface area (TPSA) is 39.1 Å². The van der Waals surface area contributed by atoms with Crippen molar-refractivity contribution in [1.82, 2.24) is 15.1 Å². The Morgan fingerprint density at radius 3 is 2.94 bits per heavy atom. The second-order valence-corrected chi connectivity index (χ2v) is 5.45. The third kappa shape index (κ3) is 3.13. The normalized spacial score (nSPS) is 20.3. The van der Waals surface area contributed by atoms with Crippen molar-refractivity contribution in [3.8, 4) is 0 Å². The monoisotopic (exact) mass is 315 g/mol. The number of aromatic nitrogens is 2. The maximum Gasteiger partial charge on any atom is 0.0900 e. The van der Waals surface area contributed by atoms with Crippen molar-refractivity contribution in [2.75, 3.05) is 13.1 Å². The first-order chi connectivity index (χ1) is 8.76. The summed E-state index contributed by atoms with van der Waals surface area (Å²) in [4.78, 5) is 0. The van der Waals surface area contributed by atoms with Crippen molar-refractivity contribution in [3.05, 3.63) is 15.9 Å². The van der Waals surface area contributed by atoms with Crippen LogP contribution in [0.4, 0.5) is 0 Å². The summed E-state index contributed by atoms with van der Waals surface area (Å²) in [6.45, 7) is 7.87. The highest BCUT2D eigenvalue weighted by molar-refractivity contribution is 9.10. The standard InChI is InChI=1S/C13H22BrN3O/c1-3-11-13(14)12(17(4-2)16-11)9-18-10-6-5-7-15-8-10/h10,15H,3-9H2,1-2H3/t10-/m0/s1. The highest BCUT2D eigenvalue weighted by Gasteiger charge is 2.17. The predicted molar refractivity (Wildman–Crippen MR) is 75.7 cm³/mol. The fourth-order valence-corrected chi connectivity index (χ4v) is 2.99. The molecule has 0 aromatic carbocycles. The van der Waals surface area contributed by atoms with Crippen LogP contribution < -0.4 is 5.32 Å². The zero-order valence-corrected chi connectivity index (χ0v) is 12.8. The molecule has 5 heteroatoms. The van der Waals surface area contributed by atoms with Gasteiger partial charge in [-0.2, -0.15) is 5.10 Å². The molecule has 2 rings (SSSR count). The van der Waals surface area contributed by atoms with Crippen LogP contribution >= 0.6 is 15.9 Å². The maximum absolute atomic E-state index is 6.00. The number of hydrogen-bond donors (Lipinski definition) is 1. The first-order valence-electron chi connectivity index (χ1n) is 6.82. The molecule has 0 spiro atoms. The van der Waals surface area contributed by atoms with Crippen LogP contribution in [0.3, 0.4) is 0 Å². The molecule has 1 aromatic heterocycles. The average molecular weight is 316 g/mol. The van der Waals surface area contributed by atoms with E-state index in [0.717, 1.165) is 42.6 Å². The van der Waals surface area contributed by atoms with Gasteiger partial charge >= 0.3 is 0 Å². The van der Waals surface area contributed by atoms with Gasteiger partial charge < -0.3 is 10.1 Å². The molecule has 1 aliphatic rings. The number of nitrogens with one attached hydrogen (secondary N) is 1. The molecule has 102 valence electrons. The number of nitrogens with zero attached hydrogens (tertiary/aromatic N) is 2. The van der Waals surface area contributed by atoms with Gasteiger partial charge in [-0.15, -0.1) is 0 Å². The lowest BCUT2D eigenvalue weighted by molar-refractivity contribution is 0.0216. The molecule has 4 nitrogen and oxygen atoms in total. The molecule has 1 saturated heterocycles. The Balaban J connectivity index is 2.01. The van der Waals surface area contributed by atoms with Gasteiger partial charge in [0.2, 0.25) is 0 Å². The Bertz CT molecular complexity index is 386. The number of piperidine rings is 1. The third-order valence-electron chi connectivity index (χ3n) is 3.40. The fraction of sp³-hybridized carbons (Fsp3) is 0.769. The molecule has 0 radical (unpaired) electrons. The molecule has 1 aliphatic heterocycles. The second-order valence-electron chi connectivity index (χ2n) is 4.66. The average Bonchev–Trinajstić information content (AvgIpc) is 2.73. The van der Waals surface area contributed by atoms with Gasteiger partial charge in [0, 0.05) is 13.1 Å². The molecular formula is C13H22BrN3O. The van der Waals surface area contributed by atoms with Gasteiger partial charge in [0.05, 0.1) is 28.6 Å². The molecule has 0 bridgehead atoms. The number of ether oxygens (including phenoxy) is 1. The quantitative estimate of drug-likeness (QED) is 0.907. The Morgan fingerprint density at radius 1 is 1.50 bits per heavy atom. The van der Waals surface area contributed by atoms with E-state index < -0.39 is 0 Å². The number of hydrogen-bond acceptors (Lipinski definition) is 3. The molecule has 0 unspecified atom stereocenters. The summed E-state index contributed by atoms with van der Waals surface area (Å²) in [5.41, 5.74) is 2.29. The molecular weight excluding hydrogens is 294 g/mol. The van der Waals surface area contributed by atoms with E-state index in [1.165, 1.54) is 12.1 Å². The number of aryl methyl sites for hydroxylation is 2. The SMILES string of the molecule is CCc1nn(CC)c(CO[C@H]2CCCNC2)c1Br. The zero-order chi connectivity index (χ0) is 13.0. The molecule has 18 heavy (non-hydrogen) atoms. The van der Waals surface area contributed by atoms with Crippen LogP contribution in [-0.4, -0.2) is 29.0 Å². The molecule has 2 heterocycles. The maximum atomic E-state index is 6.00. The van der Waals surface area contributed by atoms with E-state index in [1.54, 1.807) is 0 Å². The minimum atomic E-state index is 0.343. The highest BCUT2D eigenvalue weighted by Crippen LogP contribution is 2.23. The summed E-state index contributed by atoms with van der Waals surface area (Å²) >= 11 is 3.65. The molecule has 1 N–H and O–H groups in total.